The highest BCUT2D eigenvalue weighted by molar-refractivity contribution is 4.84. The van der Waals surface area contributed by atoms with E-state index in [9.17, 15) is 0 Å². The Bertz CT molecular complexity index is 148. The quantitative estimate of drug-likeness (QED) is 0.676. The number of hydrogen-bond acceptors (Lipinski definition) is 3. The first-order valence-corrected chi connectivity index (χ1v) is 5.83. The minimum absolute atomic E-state index is 0.632. The average molecular weight is 201 g/mol. The van der Waals surface area contributed by atoms with Gasteiger partial charge in [-0.15, -0.1) is 0 Å². The van der Waals surface area contributed by atoms with Gasteiger partial charge in [0.2, 0.25) is 0 Å². The summed E-state index contributed by atoms with van der Waals surface area (Å²) >= 11 is 0. The van der Waals surface area contributed by atoms with E-state index in [1.165, 1.54) is 6.42 Å². The molecule has 0 saturated carbocycles. The molecule has 1 unspecified atom stereocenters. The van der Waals surface area contributed by atoms with Crippen LogP contribution in [0.2, 0.25) is 0 Å². The van der Waals surface area contributed by atoms with Gasteiger partial charge in [0.05, 0.1) is 32.5 Å². The van der Waals surface area contributed by atoms with E-state index in [4.69, 9.17) is 9.47 Å². The third kappa shape index (κ3) is 2.69. The highest BCUT2D eigenvalue weighted by atomic mass is 16.5. The van der Waals surface area contributed by atoms with E-state index in [0.29, 0.717) is 12.1 Å². The van der Waals surface area contributed by atoms with Gasteiger partial charge in [0.15, 0.2) is 0 Å². The zero-order valence-electron chi connectivity index (χ0n) is 9.66. The number of rotatable bonds is 2. The third-order valence-corrected chi connectivity index (χ3v) is 2.83. The van der Waals surface area contributed by atoms with Gasteiger partial charge in [-0.1, -0.05) is 20.8 Å². The van der Waals surface area contributed by atoms with E-state index in [-0.39, 0.29) is 0 Å². The molecule has 2 aliphatic heterocycles. The fourth-order valence-electron chi connectivity index (χ4n) is 1.92. The van der Waals surface area contributed by atoms with Gasteiger partial charge in [-0.2, -0.15) is 0 Å². The van der Waals surface area contributed by atoms with Gasteiger partial charge in [-0.25, -0.2) is 0 Å². The molecule has 0 amide bonds. The number of hydrogen-bond donors (Lipinski definition) is 0. The van der Waals surface area contributed by atoms with E-state index in [1.807, 2.05) is 13.8 Å². The lowest BCUT2D eigenvalue weighted by molar-refractivity contribution is -0.117. The van der Waals surface area contributed by atoms with E-state index >= 15 is 0 Å². The average Bonchev–Trinajstić information content (AvgIpc) is 2.19. The maximum atomic E-state index is 5.44. The molecule has 0 aromatic rings. The van der Waals surface area contributed by atoms with Crippen molar-refractivity contribution >= 4 is 0 Å². The van der Waals surface area contributed by atoms with Gasteiger partial charge < -0.3 is 9.47 Å². The molecule has 3 nitrogen and oxygen atoms in total. The summed E-state index contributed by atoms with van der Waals surface area (Å²) in [5, 5.41) is 0. The summed E-state index contributed by atoms with van der Waals surface area (Å²) in [5.74, 6) is 0. The van der Waals surface area contributed by atoms with Crippen LogP contribution in [0.15, 0.2) is 0 Å². The summed E-state index contributed by atoms with van der Waals surface area (Å²) < 4.78 is 10.6. The molecular weight excluding hydrogens is 178 g/mol. The first-order valence-electron chi connectivity index (χ1n) is 5.83. The van der Waals surface area contributed by atoms with Crippen molar-refractivity contribution in [3.05, 3.63) is 0 Å². The molecule has 0 aromatic carbocycles. The lowest BCUT2D eigenvalue weighted by Gasteiger charge is -2.44. The Hall–Kier alpha value is -0.120. The van der Waals surface area contributed by atoms with Crippen LogP contribution in [0.1, 0.15) is 27.2 Å². The second kappa shape index (κ2) is 6.38. The van der Waals surface area contributed by atoms with Gasteiger partial charge in [-0.3, -0.25) is 4.90 Å². The van der Waals surface area contributed by atoms with Gasteiger partial charge in [0.25, 0.3) is 0 Å². The zero-order valence-corrected chi connectivity index (χ0v) is 9.66. The normalized spacial score (nSPS) is 28.9. The predicted octanol–water partition coefficient (Wildman–Crippen LogP) is 1.52. The second-order valence-corrected chi connectivity index (χ2v) is 3.57. The van der Waals surface area contributed by atoms with E-state index in [2.05, 4.69) is 11.8 Å². The molecule has 3 heteroatoms. The van der Waals surface area contributed by atoms with Crippen molar-refractivity contribution in [2.45, 2.75) is 39.3 Å². The molecule has 0 bridgehead atoms. The molecule has 2 saturated heterocycles. The summed E-state index contributed by atoms with van der Waals surface area (Å²) in [6.07, 6.45) is 1.19. The van der Waals surface area contributed by atoms with Gasteiger partial charge in [0.1, 0.15) is 0 Å². The summed E-state index contributed by atoms with van der Waals surface area (Å²) in [4.78, 5) is 2.55. The number of ether oxygens (including phenoxy) is 2. The molecule has 2 fully saturated rings. The van der Waals surface area contributed by atoms with E-state index < -0.39 is 0 Å². The zero-order chi connectivity index (χ0) is 10.4. The molecule has 84 valence electrons. The molecule has 0 N–H and O–H groups in total. The fraction of sp³-hybridized carbons (Fsp3) is 1.00. The Morgan fingerprint density at radius 3 is 2.36 bits per heavy atom. The summed E-state index contributed by atoms with van der Waals surface area (Å²) in [7, 11) is 0. The van der Waals surface area contributed by atoms with Gasteiger partial charge in [-0.05, 0) is 6.42 Å². The molecule has 0 spiro atoms. The van der Waals surface area contributed by atoms with Crippen molar-refractivity contribution in [3.63, 3.8) is 0 Å². The van der Waals surface area contributed by atoms with Crippen LogP contribution < -0.4 is 0 Å². The van der Waals surface area contributed by atoms with Crippen molar-refractivity contribution in [2.75, 3.05) is 33.0 Å². The maximum absolute atomic E-state index is 5.44. The van der Waals surface area contributed by atoms with Crippen LogP contribution >= 0.6 is 0 Å². The molecule has 1 atom stereocenters. The number of morpholine rings is 1. The molecule has 2 aliphatic rings. The molecule has 2 heterocycles. The summed E-state index contributed by atoms with van der Waals surface area (Å²) in [5.41, 5.74) is 0. The van der Waals surface area contributed by atoms with Gasteiger partial charge >= 0.3 is 0 Å². The molecule has 14 heavy (non-hydrogen) atoms. The van der Waals surface area contributed by atoms with Crippen molar-refractivity contribution in [1.29, 1.82) is 0 Å². The minimum Gasteiger partial charge on any atom is -0.378 e. The third-order valence-electron chi connectivity index (χ3n) is 2.83. The molecular formula is C11H23NO2. The van der Waals surface area contributed by atoms with Gasteiger partial charge in [0, 0.05) is 12.6 Å². The van der Waals surface area contributed by atoms with Crippen molar-refractivity contribution < 1.29 is 9.47 Å². The Morgan fingerprint density at radius 2 is 1.86 bits per heavy atom. The second-order valence-electron chi connectivity index (χ2n) is 3.57. The summed E-state index contributed by atoms with van der Waals surface area (Å²) in [6.45, 7) is 11.0. The lowest BCUT2D eigenvalue weighted by atomic mass is 10.1. The Labute approximate surface area is 87.4 Å². The minimum atomic E-state index is 0.632. The summed E-state index contributed by atoms with van der Waals surface area (Å²) in [6, 6.07) is 1.31. The molecule has 2 rings (SSSR count). The Morgan fingerprint density at radius 1 is 1.14 bits per heavy atom. The van der Waals surface area contributed by atoms with Crippen molar-refractivity contribution in [1.82, 2.24) is 4.90 Å². The van der Waals surface area contributed by atoms with Crippen LogP contribution in [0, 0.1) is 0 Å². The highest BCUT2D eigenvalue weighted by Crippen LogP contribution is 2.18. The lowest BCUT2D eigenvalue weighted by Crippen LogP contribution is -2.57. The Kier molecular flexibility index (Phi) is 5.45. The fourth-order valence-corrected chi connectivity index (χ4v) is 1.92. The van der Waals surface area contributed by atoms with Crippen LogP contribution in [-0.2, 0) is 9.47 Å². The van der Waals surface area contributed by atoms with E-state index in [1.54, 1.807) is 0 Å². The topological polar surface area (TPSA) is 21.7 Å². The molecule has 0 radical (unpaired) electrons. The maximum Gasteiger partial charge on any atom is 0.0645 e. The van der Waals surface area contributed by atoms with Crippen LogP contribution in [-0.4, -0.2) is 50.0 Å². The van der Waals surface area contributed by atoms with Crippen molar-refractivity contribution in [2.24, 2.45) is 0 Å². The van der Waals surface area contributed by atoms with E-state index in [0.717, 1.165) is 33.0 Å². The monoisotopic (exact) mass is 201 g/mol. The molecule has 0 aromatic heterocycles. The first-order chi connectivity index (χ1) is 6.92. The van der Waals surface area contributed by atoms with Crippen molar-refractivity contribution in [3.8, 4) is 0 Å². The number of nitrogens with zero attached hydrogens (tertiary/aromatic N) is 1. The smallest absolute Gasteiger partial charge is 0.0645 e. The van der Waals surface area contributed by atoms with Crippen LogP contribution in [0.5, 0.6) is 0 Å². The standard InChI is InChI=1S/C9H17NO2.C2H6/c1-2-8-5-11-4-3-10(8)9-6-12-7-9;1-2/h8-9H,2-7H2,1H3;1-2H3. The van der Waals surface area contributed by atoms with Crippen LogP contribution in [0.3, 0.4) is 0 Å². The Balaban J connectivity index is 0.000000461. The van der Waals surface area contributed by atoms with Crippen LogP contribution in [0.4, 0.5) is 0 Å². The largest absolute Gasteiger partial charge is 0.378 e. The SMILES string of the molecule is CC.CCC1COCCN1C1COC1. The predicted molar refractivity (Wildman–Crippen MR) is 57.6 cm³/mol. The van der Waals surface area contributed by atoms with Crippen LogP contribution in [0.25, 0.3) is 0 Å². The highest BCUT2D eigenvalue weighted by Gasteiger charge is 2.32. The molecule has 0 aliphatic carbocycles. The first kappa shape index (κ1) is 12.0.